The number of amides is 1. The Balaban J connectivity index is 2.23. The summed E-state index contributed by atoms with van der Waals surface area (Å²) in [4.78, 5) is 50.3. The molecular formula is C19H23NO7. The van der Waals surface area contributed by atoms with E-state index in [9.17, 15) is 19.2 Å². The monoisotopic (exact) mass is 377 g/mol. The van der Waals surface area contributed by atoms with Crippen LogP contribution in [-0.4, -0.2) is 53.5 Å². The van der Waals surface area contributed by atoms with E-state index in [-0.39, 0.29) is 13.0 Å². The van der Waals surface area contributed by atoms with E-state index in [2.05, 4.69) is 4.74 Å². The van der Waals surface area contributed by atoms with Crippen molar-refractivity contribution in [1.82, 2.24) is 4.90 Å². The minimum absolute atomic E-state index is 0.0701. The molecule has 1 aliphatic heterocycles. The number of ether oxygens (including phenoxy) is 3. The Morgan fingerprint density at radius 3 is 2.30 bits per heavy atom. The number of hydrogen-bond acceptors (Lipinski definition) is 7. The Morgan fingerprint density at radius 2 is 1.74 bits per heavy atom. The van der Waals surface area contributed by atoms with Gasteiger partial charge in [-0.05, 0) is 26.3 Å². The summed E-state index contributed by atoms with van der Waals surface area (Å²) in [5, 5.41) is 0. The van der Waals surface area contributed by atoms with Gasteiger partial charge in [0.25, 0.3) is 0 Å². The summed E-state index contributed by atoms with van der Waals surface area (Å²) < 4.78 is 15.1. The molecule has 0 aromatic heterocycles. The lowest BCUT2D eigenvalue weighted by Crippen LogP contribution is -2.51. The second-order valence-electron chi connectivity index (χ2n) is 7.09. The van der Waals surface area contributed by atoms with E-state index in [1.54, 1.807) is 45.0 Å². The van der Waals surface area contributed by atoms with Gasteiger partial charge in [-0.15, -0.1) is 0 Å². The molecule has 1 aromatic rings. The van der Waals surface area contributed by atoms with E-state index in [0.29, 0.717) is 0 Å². The van der Waals surface area contributed by atoms with Crippen molar-refractivity contribution in [3.8, 4) is 0 Å². The fourth-order valence-corrected chi connectivity index (χ4v) is 2.70. The Morgan fingerprint density at radius 1 is 1.11 bits per heavy atom. The fraction of sp³-hybridized carbons (Fsp3) is 0.474. The van der Waals surface area contributed by atoms with Crippen molar-refractivity contribution in [3.05, 3.63) is 35.9 Å². The zero-order valence-corrected chi connectivity index (χ0v) is 15.8. The molecule has 0 radical (unpaired) electrons. The highest BCUT2D eigenvalue weighted by atomic mass is 16.6. The molecule has 2 rings (SSSR count). The number of carbonyl (C=O) groups is 4. The molecule has 146 valence electrons. The molecule has 0 bridgehead atoms. The van der Waals surface area contributed by atoms with Crippen LogP contribution in [-0.2, 0) is 35.2 Å². The molecule has 1 fully saturated rings. The van der Waals surface area contributed by atoms with Crippen LogP contribution in [0.25, 0.3) is 0 Å². The molecule has 1 amide bonds. The first-order valence-electron chi connectivity index (χ1n) is 8.46. The first kappa shape index (κ1) is 20.4. The number of rotatable bonds is 4. The van der Waals surface area contributed by atoms with E-state index in [1.807, 2.05) is 6.07 Å². The van der Waals surface area contributed by atoms with Crippen molar-refractivity contribution in [2.45, 2.75) is 51.5 Å². The first-order chi connectivity index (χ1) is 12.6. The van der Waals surface area contributed by atoms with Gasteiger partial charge in [-0.1, -0.05) is 30.3 Å². The van der Waals surface area contributed by atoms with Gasteiger partial charge in [0.05, 0.1) is 7.11 Å². The number of ketones is 1. The van der Waals surface area contributed by atoms with Crippen LogP contribution in [0.2, 0.25) is 0 Å². The van der Waals surface area contributed by atoms with Crippen molar-refractivity contribution in [1.29, 1.82) is 0 Å². The number of Topliss-reactive ketones (excluding diaryl/α,β-unsaturated/α-hetero) is 1. The SMILES string of the molecule is COC(=O)C1CC(=O)C(C(=O)OC(C)(C)C)N1C(=O)OCc1ccccc1. The predicted octanol–water partition coefficient (Wildman–Crippen LogP) is 1.85. The maximum atomic E-state index is 12.6. The molecule has 0 N–H and O–H groups in total. The van der Waals surface area contributed by atoms with Crippen LogP contribution in [0.15, 0.2) is 30.3 Å². The molecule has 0 spiro atoms. The summed E-state index contributed by atoms with van der Waals surface area (Å²) in [5.41, 5.74) is -0.139. The Labute approximate surface area is 157 Å². The summed E-state index contributed by atoms with van der Waals surface area (Å²) in [6.07, 6.45) is -1.30. The van der Waals surface area contributed by atoms with Crippen molar-refractivity contribution < 1.29 is 33.4 Å². The molecule has 8 nitrogen and oxygen atoms in total. The van der Waals surface area contributed by atoms with Crippen molar-refractivity contribution in [2.24, 2.45) is 0 Å². The highest BCUT2D eigenvalue weighted by molar-refractivity contribution is 6.10. The molecular weight excluding hydrogens is 354 g/mol. The molecule has 1 aromatic carbocycles. The number of methoxy groups -OCH3 is 1. The van der Waals surface area contributed by atoms with E-state index >= 15 is 0 Å². The summed E-state index contributed by atoms with van der Waals surface area (Å²) >= 11 is 0. The quantitative estimate of drug-likeness (QED) is 0.448. The minimum atomic E-state index is -1.54. The largest absolute Gasteiger partial charge is 0.467 e. The third-order valence-electron chi connectivity index (χ3n) is 3.83. The minimum Gasteiger partial charge on any atom is -0.467 e. The number of hydrogen-bond donors (Lipinski definition) is 0. The third kappa shape index (κ3) is 5.06. The van der Waals surface area contributed by atoms with Crippen LogP contribution in [0.3, 0.4) is 0 Å². The van der Waals surface area contributed by atoms with Gasteiger partial charge in [0, 0.05) is 6.42 Å². The number of benzene rings is 1. The maximum Gasteiger partial charge on any atom is 0.411 e. The maximum absolute atomic E-state index is 12.6. The molecule has 0 saturated carbocycles. The van der Waals surface area contributed by atoms with Gasteiger partial charge in [0.1, 0.15) is 18.2 Å². The molecule has 27 heavy (non-hydrogen) atoms. The number of esters is 2. The first-order valence-corrected chi connectivity index (χ1v) is 8.46. The number of carbonyl (C=O) groups excluding carboxylic acids is 4. The fourth-order valence-electron chi connectivity index (χ4n) is 2.70. The molecule has 1 heterocycles. The van der Waals surface area contributed by atoms with Crippen molar-refractivity contribution >= 4 is 23.8 Å². The zero-order valence-electron chi connectivity index (χ0n) is 15.8. The highest BCUT2D eigenvalue weighted by Gasteiger charge is 2.52. The van der Waals surface area contributed by atoms with Gasteiger partial charge in [0.15, 0.2) is 11.8 Å². The van der Waals surface area contributed by atoms with Crippen molar-refractivity contribution in [3.63, 3.8) is 0 Å². The van der Waals surface area contributed by atoms with Gasteiger partial charge in [-0.3, -0.25) is 9.69 Å². The average Bonchev–Trinajstić information content (AvgIpc) is 2.96. The van der Waals surface area contributed by atoms with Crippen molar-refractivity contribution in [2.75, 3.05) is 7.11 Å². The Kier molecular flexibility index (Phi) is 6.20. The second kappa shape index (κ2) is 8.20. The average molecular weight is 377 g/mol. The molecule has 0 aliphatic carbocycles. The van der Waals surface area contributed by atoms with Gasteiger partial charge < -0.3 is 14.2 Å². The molecule has 2 unspecified atom stereocenters. The highest BCUT2D eigenvalue weighted by Crippen LogP contribution is 2.26. The lowest BCUT2D eigenvalue weighted by atomic mass is 10.1. The summed E-state index contributed by atoms with van der Waals surface area (Å²) in [5.74, 6) is -2.31. The van der Waals surface area contributed by atoms with Crippen LogP contribution in [0.5, 0.6) is 0 Å². The molecule has 1 aliphatic rings. The van der Waals surface area contributed by atoms with E-state index in [1.165, 1.54) is 0 Å². The molecule has 8 heteroatoms. The standard InChI is InChI=1S/C19H23NO7/c1-19(2,3)27-17(23)15-14(21)10-13(16(22)25-4)20(15)18(24)26-11-12-8-6-5-7-9-12/h5-9,13,15H,10-11H2,1-4H3. The summed E-state index contributed by atoms with van der Waals surface area (Å²) in [7, 11) is 1.14. The smallest absolute Gasteiger partial charge is 0.411 e. The lowest BCUT2D eigenvalue weighted by Gasteiger charge is -2.28. The topological polar surface area (TPSA) is 99.2 Å². The molecule has 2 atom stereocenters. The van der Waals surface area contributed by atoms with E-state index < -0.39 is 41.5 Å². The predicted molar refractivity (Wildman–Crippen MR) is 93.5 cm³/mol. The van der Waals surface area contributed by atoms with Crippen LogP contribution in [0.4, 0.5) is 4.79 Å². The van der Waals surface area contributed by atoms with E-state index in [4.69, 9.17) is 9.47 Å². The number of likely N-dealkylation sites (tertiary alicyclic amines) is 1. The normalized spacial score (nSPS) is 19.6. The summed E-state index contributed by atoms with van der Waals surface area (Å²) in [6.45, 7) is 4.85. The van der Waals surface area contributed by atoms with Gasteiger partial charge in [-0.2, -0.15) is 0 Å². The van der Waals surface area contributed by atoms with Crippen LogP contribution >= 0.6 is 0 Å². The van der Waals surface area contributed by atoms with Gasteiger partial charge in [0.2, 0.25) is 0 Å². The van der Waals surface area contributed by atoms with Gasteiger partial charge in [-0.25, -0.2) is 14.4 Å². The van der Waals surface area contributed by atoms with Crippen LogP contribution < -0.4 is 0 Å². The van der Waals surface area contributed by atoms with Crippen LogP contribution in [0, 0.1) is 0 Å². The zero-order chi connectivity index (χ0) is 20.2. The van der Waals surface area contributed by atoms with Gasteiger partial charge >= 0.3 is 18.0 Å². The summed E-state index contributed by atoms with van der Waals surface area (Å²) in [6, 6.07) is 6.11. The number of nitrogens with zero attached hydrogens (tertiary/aromatic N) is 1. The Hall–Kier alpha value is -2.90. The third-order valence-corrected chi connectivity index (χ3v) is 3.83. The lowest BCUT2D eigenvalue weighted by molar-refractivity contribution is -0.162. The Bertz CT molecular complexity index is 723. The molecule has 1 saturated heterocycles. The van der Waals surface area contributed by atoms with E-state index in [0.717, 1.165) is 17.6 Å². The van der Waals surface area contributed by atoms with Crippen LogP contribution in [0.1, 0.15) is 32.8 Å². The second-order valence-corrected chi connectivity index (χ2v) is 7.09.